The Kier molecular flexibility index (Phi) is 8.68. The molecule has 2 heteroatoms. The van der Waals surface area contributed by atoms with Crippen LogP contribution in [0, 0.1) is 0 Å². The summed E-state index contributed by atoms with van der Waals surface area (Å²) in [5.74, 6) is 0.460. The molecule has 0 fully saturated rings. The fourth-order valence-corrected chi connectivity index (χ4v) is 9.30. The quantitative estimate of drug-likeness (QED) is 0.153. The summed E-state index contributed by atoms with van der Waals surface area (Å²) in [6.45, 7) is 4.78. The van der Waals surface area contributed by atoms with E-state index >= 15 is 0 Å². The van der Waals surface area contributed by atoms with Crippen molar-refractivity contribution in [3.05, 3.63) is 229 Å². The van der Waals surface area contributed by atoms with E-state index in [4.69, 9.17) is 0 Å². The molecule has 1 atom stereocenters. The zero-order chi connectivity index (χ0) is 38.3. The molecule has 0 heterocycles. The van der Waals surface area contributed by atoms with Crippen LogP contribution in [0.3, 0.4) is 0 Å². The van der Waals surface area contributed by atoms with Crippen molar-refractivity contribution in [2.45, 2.75) is 31.6 Å². The van der Waals surface area contributed by atoms with Crippen molar-refractivity contribution in [2.24, 2.45) is 0 Å². The average molecular weight is 733 g/mol. The topological polar surface area (TPSA) is 6.48 Å². The highest BCUT2D eigenvalue weighted by Crippen LogP contribution is 2.54. The third kappa shape index (κ3) is 6.06. The lowest BCUT2D eigenvalue weighted by Crippen LogP contribution is -2.18. The highest BCUT2D eigenvalue weighted by molar-refractivity contribution is 6.01. The molecule has 2 aliphatic rings. The van der Waals surface area contributed by atoms with E-state index in [1.807, 2.05) is 0 Å². The van der Waals surface area contributed by atoms with Crippen LogP contribution in [0.1, 0.15) is 37.3 Å². The van der Waals surface area contributed by atoms with Crippen LogP contribution < -0.4 is 9.80 Å². The zero-order valence-corrected chi connectivity index (χ0v) is 32.4. The summed E-state index contributed by atoms with van der Waals surface area (Å²) in [5, 5.41) is 2.44. The standard InChI is InChI=1S/C55H44N2/c1-55(2)50-28-14-11-27-48(50)49-37-36-44(38-51(49)55)56(42-20-5-3-6-21-42)52-29-15-12-25-46(52)40-32-34-41(35-33-40)47-26-13-16-30-53(47)57(43-22-7-4-8-23-43)54-31-17-19-39-18-9-10-24-45(39)54/h3-26,28-38,48H,27H2,1-2H3. The van der Waals surface area contributed by atoms with Crippen LogP contribution in [-0.4, -0.2) is 0 Å². The van der Waals surface area contributed by atoms with Gasteiger partial charge in [0.15, 0.2) is 0 Å². The normalized spacial score (nSPS) is 15.1. The Balaban J connectivity index is 1.07. The number of nitrogens with zero attached hydrogens (tertiary/aromatic N) is 2. The number of allylic oxidation sites excluding steroid dienone is 4. The van der Waals surface area contributed by atoms with Gasteiger partial charge in [-0.05, 0) is 88.7 Å². The van der Waals surface area contributed by atoms with E-state index in [1.165, 1.54) is 55.4 Å². The van der Waals surface area contributed by atoms with Crippen LogP contribution >= 0.6 is 0 Å². The molecule has 8 aromatic rings. The number of fused-ring (bicyclic) bond motifs is 4. The molecule has 0 saturated heterocycles. The Morgan fingerprint density at radius 3 is 1.70 bits per heavy atom. The Morgan fingerprint density at radius 2 is 1.02 bits per heavy atom. The maximum absolute atomic E-state index is 2.45. The second-order valence-electron chi connectivity index (χ2n) is 15.7. The summed E-state index contributed by atoms with van der Waals surface area (Å²) < 4.78 is 0. The minimum absolute atomic E-state index is 0.0293. The minimum Gasteiger partial charge on any atom is -0.310 e. The van der Waals surface area contributed by atoms with E-state index in [9.17, 15) is 0 Å². The summed E-state index contributed by atoms with van der Waals surface area (Å²) in [6.07, 6.45) is 7.97. The van der Waals surface area contributed by atoms with Gasteiger partial charge in [0.2, 0.25) is 0 Å². The maximum atomic E-state index is 2.45. The van der Waals surface area contributed by atoms with Crippen LogP contribution in [0.2, 0.25) is 0 Å². The van der Waals surface area contributed by atoms with Gasteiger partial charge in [-0.2, -0.15) is 0 Å². The first kappa shape index (κ1) is 34.6. The van der Waals surface area contributed by atoms with Crippen molar-refractivity contribution in [2.75, 3.05) is 9.80 Å². The second kappa shape index (κ2) is 14.3. The molecule has 274 valence electrons. The first-order chi connectivity index (χ1) is 28.1. The predicted molar refractivity (Wildman–Crippen MR) is 242 cm³/mol. The molecule has 0 N–H and O–H groups in total. The van der Waals surface area contributed by atoms with Gasteiger partial charge in [-0.25, -0.2) is 0 Å². The summed E-state index contributed by atoms with van der Waals surface area (Å²) in [5.41, 5.74) is 15.9. The van der Waals surface area contributed by atoms with Crippen molar-refractivity contribution in [3.8, 4) is 22.3 Å². The number of hydrogen-bond acceptors (Lipinski definition) is 2. The lowest BCUT2D eigenvalue weighted by atomic mass is 9.79. The number of rotatable bonds is 8. The largest absolute Gasteiger partial charge is 0.310 e. The molecular formula is C55H44N2. The molecule has 8 aromatic carbocycles. The van der Waals surface area contributed by atoms with E-state index in [0.717, 1.165) is 34.9 Å². The van der Waals surface area contributed by atoms with Crippen molar-refractivity contribution in [1.82, 2.24) is 0 Å². The van der Waals surface area contributed by atoms with Crippen LogP contribution in [-0.2, 0) is 5.41 Å². The van der Waals surface area contributed by atoms with Crippen LogP contribution in [0.25, 0.3) is 33.0 Å². The number of hydrogen-bond donors (Lipinski definition) is 0. The van der Waals surface area contributed by atoms with Crippen LogP contribution in [0.4, 0.5) is 34.1 Å². The van der Waals surface area contributed by atoms with Crippen molar-refractivity contribution >= 4 is 44.9 Å². The number of benzene rings is 8. The molecule has 0 spiro atoms. The molecule has 0 radical (unpaired) electrons. The highest BCUT2D eigenvalue weighted by atomic mass is 15.2. The zero-order valence-electron chi connectivity index (χ0n) is 32.4. The first-order valence-corrected chi connectivity index (χ1v) is 20.0. The lowest BCUT2D eigenvalue weighted by molar-refractivity contribution is 0.612. The van der Waals surface area contributed by atoms with E-state index in [-0.39, 0.29) is 5.41 Å². The van der Waals surface area contributed by atoms with E-state index in [1.54, 1.807) is 0 Å². The maximum Gasteiger partial charge on any atom is 0.0540 e. The van der Waals surface area contributed by atoms with Gasteiger partial charge in [0.25, 0.3) is 0 Å². The third-order valence-corrected chi connectivity index (χ3v) is 12.1. The van der Waals surface area contributed by atoms with Gasteiger partial charge in [0.05, 0.1) is 17.1 Å². The molecule has 2 aliphatic carbocycles. The summed E-state index contributed by atoms with van der Waals surface area (Å²) in [6, 6.07) is 70.7. The fourth-order valence-electron chi connectivity index (χ4n) is 9.30. The van der Waals surface area contributed by atoms with Gasteiger partial charge in [-0.3, -0.25) is 0 Å². The third-order valence-electron chi connectivity index (χ3n) is 12.1. The summed E-state index contributed by atoms with van der Waals surface area (Å²) in [7, 11) is 0. The number of anilines is 6. The van der Waals surface area contributed by atoms with E-state index in [0.29, 0.717) is 5.92 Å². The van der Waals surface area contributed by atoms with Gasteiger partial charge in [-0.15, -0.1) is 0 Å². The molecule has 0 saturated carbocycles. The van der Waals surface area contributed by atoms with Gasteiger partial charge in [0.1, 0.15) is 0 Å². The van der Waals surface area contributed by atoms with E-state index < -0.39 is 0 Å². The molecular weight excluding hydrogens is 689 g/mol. The average Bonchev–Trinajstić information content (AvgIpc) is 3.50. The monoisotopic (exact) mass is 732 g/mol. The molecule has 0 aromatic heterocycles. The van der Waals surface area contributed by atoms with Gasteiger partial charge in [-0.1, -0.05) is 177 Å². The van der Waals surface area contributed by atoms with E-state index in [2.05, 4.69) is 236 Å². The smallest absolute Gasteiger partial charge is 0.0540 e. The fraction of sp³-hybridized carbons (Fsp3) is 0.0909. The second-order valence-corrected chi connectivity index (χ2v) is 15.7. The van der Waals surface area contributed by atoms with Gasteiger partial charge in [0, 0.05) is 44.9 Å². The molecule has 0 amide bonds. The summed E-state index contributed by atoms with van der Waals surface area (Å²) in [4.78, 5) is 4.84. The van der Waals surface area contributed by atoms with Crippen molar-refractivity contribution < 1.29 is 0 Å². The number of para-hydroxylation sites is 4. The first-order valence-electron chi connectivity index (χ1n) is 20.0. The van der Waals surface area contributed by atoms with Gasteiger partial charge < -0.3 is 9.80 Å². The molecule has 10 rings (SSSR count). The molecule has 1 unspecified atom stereocenters. The molecule has 57 heavy (non-hydrogen) atoms. The SMILES string of the molecule is CC1(C)C2=CC=CCC2c2ccc(N(c3ccccc3)c3ccccc3-c3ccc(-c4ccccc4N(c4ccccc4)c4cccc5ccccc45)cc3)cc21. The van der Waals surface area contributed by atoms with Crippen molar-refractivity contribution in [3.63, 3.8) is 0 Å². The Bertz CT molecular complexity index is 2790. The molecule has 0 aliphatic heterocycles. The summed E-state index contributed by atoms with van der Waals surface area (Å²) >= 11 is 0. The molecule has 0 bridgehead atoms. The highest BCUT2D eigenvalue weighted by Gasteiger charge is 2.41. The lowest BCUT2D eigenvalue weighted by Gasteiger charge is -2.30. The Morgan fingerprint density at radius 1 is 0.474 bits per heavy atom. The minimum atomic E-state index is -0.0293. The van der Waals surface area contributed by atoms with Gasteiger partial charge >= 0.3 is 0 Å². The molecule has 2 nitrogen and oxygen atoms in total. The Hall–Kier alpha value is -6.90. The van der Waals surface area contributed by atoms with Crippen molar-refractivity contribution in [1.29, 1.82) is 0 Å². The predicted octanol–water partition coefficient (Wildman–Crippen LogP) is 15.4. The Labute approximate surface area is 336 Å². The van der Waals surface area contributed by atoms with Crippen LogP contribution in [0.15, 0.2) is 218 Å². The van der Waals surface area contributed by atoms with Crippen LogP contribution in [0.5, 0.6) is 0 Å².